The highest BCUT2D eigenvalue weighted by molar-refractivity contribution is 7.98. The van der Waals surface area contributed by atoms with Gasteiger partial charge in [0.1, 0.15) is 6.33 Å². The molecular formula is C14H10F3N3OS2. The molecule has 1 aromatic carbocycles. The van der Waals surface area contributed by atoms with Crippen LogP contribution < -0.4 is 4.87 Å². The molecule has 0 saturated carbocycles. The van der Waals surface area contributed by atoms with Gasteiger partial charge < -0.3 is 0 Å². The molecule has 1 unspecified atom stereocenters. The second kappa shape index (κ2) is 5.97. The summed E-state index contributed by atoms with van der Waals surface area (Å²) < 4.78 is 41.3. The van der Waals surface area contributed by atoms with Crippen molar-refractivity contribution in [2.45, 2.75) is 18.3 Å². The van der Waals surface area contributed by atoms with Crippen LogP contribution in [0.1, 0.15) is 23.3 Å². The molecule has 0 aliphatic carbocycles. The molecule has 0 aliphatic heterocycles. The number of benzene rings is 1. The van der Waals surface area contributed by atoms with Gasteiger partial charge in [-0.1, -0.05) is 29.5 Å². The molecule has 9 heteroatoms. The molecule has 3 aromatic rings. The molecular weight excluding hydrogens is 347 g/mol. The van der Waals surface area contributed by atoms with E-state index in [4.69, 9.17) is 0 Å². The Hall–Kier alpha value is -1.87. The van der Waals surface area contributed by atoms with Crippen molar-refractivity contribution in [3.63, 3.8) is 0 Å². The SMILES string of the molecule is CC(Sn1c(=O)sc2cncnc21)c1ccccc1C(F)(F)F. The lowest BCUT2D eigenvalue weighted by atomic mass is 10.0. The van der Waals surface area contributed by atoms with Crippen LogP contribution >= 0.6 is 23.3 Å². The summed E-state index contributed by atoms with van der Waals surface area (Å²) in [5, 5.41) is -0.571. The number of fused-ring (bicyclic) bond motifs is 1. The monoisotopic (exact) mass is 357 g/mol. The molecule has 0 aliphatic rings. The minimum absolute atomic E-state index is 0.130. The summed E-state index contributed by atoms with van der Waals surface area (Å²) in [7, 11) is 0. The molecule has 0 bridgehead atoms. The number of thiazole rings is 1. The molecule has 4 nitrogen and oxygen atoms in total. The summed E-state index contributed by atoms with van der Waals surface area (Å²) in [6, 6.07) is 5.37. The Labute approximate surface area is 137 Å². The van der Waals surface area contributed by atoms with Crippen LogP contribution in [0.3, 0.4) is 0 Å². The van der Waals surface area contributed by atoms with Gasteiger partial charge in [0.25, 0.3) is 0 Å². The van der Waals surface area contributed by atoms with E-state index in [1.165, 1.54) is 28.6 Å². The van der Waals surface area contributed by atoms with Crippen LogP contribution in [0.15, 0.2) is 41.6 Å². The summed E-state index contributed by atoms with van der Waals surface area (Å²) in [4.78, 5) is 19.6. The minimum atomic E-state index is -4.44. The van der Waals surface area contributed by atoms with Gasteiger partial charge in [0.15, 0.2) is 5.65 Å². The third kappa shape index (κ3) is 3.11. The molecule has 23 heavy (non-hydrogen) atoms. The number of hydrogen-bond donors (Lipinski definition) is 0. The highest BCUT2D eigenvalue weighted by Gasteiger charge is 2.34. The predicted molar refractivity (Wildman–Crippen MR) is 84.5 cm³/mol. The van der Waals surface area contributed by atoms with Crippen molar-refractivity contribution in [1.29, 1.82) is 0 Å². The third-order valence-corrected chi connectivity index (χ3v) is 5.28. The van der Waals surface area contributed by atoms with Gasteiger partial charge in [-0.05, 0) is 30.5 Å². The van der Waals surface area contributed by atoms with Crippen LogP contribution in [0.25, 0.3) is 10.3 Å². The quantitative estimate of drug-likeness (QED) is 0.707. The van der Waals surface area contributed by atoms with E-state index in [1.54, 1.807) is 13.0 Å². The van der Waals surface area contributed by atoms with E-state index in [2.05, 4.69) is 9.97 Å². The molecule has 0 saturated heterocycles. The fraction of sp³-hybridized carbons (Fsp3) is 0.214. The van der Waals surface area contributed by atoms with Crippen molar-refractivity contribution in [2.24, 2.45) is 0 Å². The number of rotatable bonds is 3. The van der Waals surface area contributed by atoms with Gasteiger partial charge in [-0.3, -0.25) is 4.79 Å². The second-order valence-corrected chi connectivity index (χ2v) is 6.98. The minimum Gasteiger partial charge on any atom is -0.256 e. The average molecular weight is 357 g/mol. The van der Waals surface area contributed by atoms with Crippen molar-refractivity contribution in [3.8, 4) is 0 Å². The lowest BCUT2D eigenvalue weighted by Crippen LogP contribution is -2.13. The molecule has 3 rings (SSSR count). The second-order valence-electron chi connectivity index (χ2n) is 4.71. The number of alkyl halides is 3. The average Bonchev–Trinajstić information content (AvgIpc) is 2.82. The summed E-state index contributed by atoms with van der Waals surface area (Å²) in [6.45, 7) is 1.63. The maximum Gasteiger partial charge on any atom is 0.416 e. The van der Waals surface area contributed by atoms with E-state index >= 15 is 0 Å². The van der Waals surface area contributed by atoms with Crippen molar-refractivity contribution in [2.75, 3.05) is 0 Å². The summed E-state index contributed by atoms with van der Waals surface area (Å²) >= 11 is 1.98. The maximum atomic E-state index is 13.1. The van der Waals surface area contributed by atoms with E-state index < -0.39 is 17.0 Å². The Balaban J connectivity index is 2.01. The van der Waals surface area contributed by atoms with Gasteiger partial charge in [-0.25, -0.2) is 13.9 Å². The first kappa shape index (κ1) is 16.0. The Kier molecular flexibility index (Phi) is 4.15. The molecule has 2 aromatic heterocycles. The van der Waals surface area contributed by atoms with Gasteiger partial charge in [-0.15, -0.1) is 0 Å². The Morgan fingerprint density at radius 3 is 2.78 bits per heavy atom. The molecule has 2 heterocycles. The zero-order valence-corrected chi connectivity index (χ0v) is 13.4. The summed E-state index contributed by atoms with van der Waals surface area (Å²) in [5.41, 5.74) is -0.149. The molecule has 0 N–H and O–H groups in total. The van der Waals surface area contributed by atoms with Crippen LogP contribution in [0.2, 0.25) is 0 Å². The molecule has 120 valence electrons. The highest BCUT2D eigenvalue weighted by atomic mass is 32.2. The van der Waals surface area contributed by atoms with E-state index in [9.17, 15) is 18.0 Å². The summed E-state index contributed by atoms with van der Waals surface area (Å²) in [5.74, 6) is 0. The Morgan fingerprint density at radius 1 is 1.30 bits per heavy atom. The molecule has 0 spiro atoms. The highest BCUT2D eigenvalue weighted by Crippen LogP contribution is 2.39. The van der Waals surface area contributed by atoms with Crippen molar-refractivity contribution < 1.29 is 13.2 Å². The lowest BCUT2D eigenvalue weighted by Gasteiger charge is -2.17. The molecule has 0 fully saturated rings. The Bertz CT molecular complexity index is 904. The lowest BCUT2D eigenvalue weighted by molar-refractivity contribution is -0.138. The van der Waals surface area contributed by atoms with E-state index in [-0.39, 0.29) is 10.4 Å². The normalized spacial score (nSPS) is 13.4. The van der Waals surface area contributed by atoms with Gasteiger partial charge in [0.2, 0.25) is 0 Å². The Morgan fingerprint density at radius 2 is 2.04 bits per heavy atom. The van der Waals surface area contributed by atoms with Gasteiger partial charge >= 0.3 is 11.0 Å². The number of nitrogens with zero attached hydrogens (tertiary/aromatic N) is 3. The standard InChI is InChI=1S/C14H10F3N3OS2/c1-8(9-4-2-3-5-10(9)14(15,16)17)23-20-12-11(22-13(20)21)6-18-7-19-12/h2-8H,1H3. The number of halogens is 3. The van der Waals surface area contributed by atoms with Gasteiger partial charge in [-0.2, -0.15) is 13.2 Å². The van der Waals surface area contributed by atoms with Crippen molar-refractivity contribution >= 4 is 33.6 Å². The van der Waals surface area contributed by atoms with Crippen LogP contribution in [0, 0.1) is 0 Å². The van der Waals surface area contributed by atoms with Crippen LogP contribution in [0.4, 0.5) is 13.2 Å². The summed E-state index contributed by atoms with van der Waals surface area (Å²) in [6.07, 6.45) is -1.62. The van der Waals surface area contributed by atoms with Crippen molar-refractivity contribution in [1.82, 2.24) is 13.9 Å². The van der Waals surface area contributed by atoms with E-state index in [0.29, 0.717) is 10.3 Å². The molecule has 0 radical (unpaired) electrons. The largest absolute Gasteiger partial charge is 0.416 e. The van der Waals surface area contributed by atoms with E-state index in [1.807, 2.05) is 0 Å². The maximum absolute atomic E-state index is 13.1. The molecule has 1 atom stereocenters. The topological polar surface area (TPSA) is 47.8 Å². The van der Waals surface area contributed by atoms with E-state index in [0.717, 1.165) is 29.4 Å². The van der Waals surface area contributed by atoms with Crippen LogP contribution in [-0.4, -0.2) is 13.9 Å². The van der Waals surface area contributed by atoms with Gasteiger partial charge in [0, 0.05) is 11.4 Å². The number of hydrogen-bond acceptors (Lipinski definition) is 5. The molecule has 0 amide bonds. The fourth-order valence-electron chi connectivity index (χ4n) is 2.17. The number of aromatic nitrogens is 3. The zero-order chi connectivity index (χ0) is 16.6. The van der Waals surface area contributed by atoms with Gasteiger partial charge in [0.05, 0.1) is 10.3 Å². The fourth-order valence-corrected chi connectivity index (χ4v) is 4.15. The zero-order valence-electron chi connectivity index (χ0n) is 11.7. The smallest absolute Gasteiger partial charge is 0.256 e. The first-order valence-corrected chi connectivity index (χ1v) is 8.18. The van der Waals surface area contributed by atoms with Crippen LogP contribution in [0.5, 0.6) is 0 Å². The van der Waals surface area contributed by atoms with Crippen molar-refractivity contribution in [3.05, 3.63) is 57.6 Å². The first-order chi connectivity index (χ1) is 10.9. The van der Waals surface area contributed by atoms with Crippen LogP contribution in [-0.2, 0) is 6.18 Å². The first-order valence-electron chi connectivity index (χ1n) is 6.53. The third-order valence-electron chi connectivity index (χ3n) is 3.18. The predicted octanol–water partition coefficient (Wildman–Crippen LogP) is 4.13.